The van der Waals surface area contributed by atoms with Gasteiger partial charge in [-0.25, -0.2) is 0 Å². The van der Waals surface area contributed by atoms with Crippen molar-refractivity contribution in [2.75, 3.05) is 13.1 Å². The van der Waals surface area contributed by atoms with Crippen LogP contribution in [0, 0.1) is 5.21 Å². The Labute approximate surface area is 78.8 Å². The molecule has 0 bridgehead atoms. The van der Waals surface area contributed by atoms with E-state index < -0.39 is 11.2 Å². The van der Waals surface area contributed by atoms with Crippen LogP contribution in [0.1, 0.15) is 27.7 Å². The molecule has 1 saturated heterocycles. The van der Waals surface area contributed by atoms with E-state index in [2.05, 4.69) is 9.89 Å². The van der Waals surface area contributed by atoms with E-state index in [-0.39, 0.29) is 0 Å². The van der Waals surface area contributed by atoms with Crippen molar-refractivity contribution in [3.63, 3.8) is 0 Å². The summed E-state index contributed by atoms with van der Waals surface area (Å²) in [5.41, 5.74) is -0.890. The predicted molar refractivity (Wildman–Crippen MR) is 52.4 cm³/mol. The second-order valence-electron chi connectivity index (χ2n) is 4.70. The highest BCUT2D eigenvalue weighted by Crippen LogP contribution is 2.39. The lowest BCUT2D eigenvalue weighted by Crippen LogP contribution is -2.49. The van der Waals surface area contributed by atoms with Crippen LogP contribution in [0.15, 0.2) is 4.99 Å². The van der Waals surface area contributed by atoms with E-state index in [0.717, 1.165) is 24.0 Å². The van der Waals surface area contributed by atoms with Crippen molar-refractivity contribution in [2.24, 2.45) is 4.99 Å². The van der Waals surface area contributed by atoms with Gasteiger partial charge in [-0.1, -0.05) is 0 Å². The summed E-state index contributed by atoms with van der Waals surface area (Å²) in [6.07, 6.45) is 0. The Morgan fingerprint density at radius 2 is 1.92 bits per heavy atom. The van der Waals surface area contributed by atoms with Crippen LogP contribution in [-0.2, 0) is 0 Å². The number of aliphatic imine (C=N–C) groups is 1. The maximum atomic E-state index is 12.0. The van der Waals surface area contributed by atoms with Gasteiger partial charge in [0.25, 0.3) is 0 Å². The average Bonchev–Trinajstić information content (AvgIpc) is 2.54. The van der Waals surface area contributed by atoms with Gasteiger partial charge in [-0.05, 0) is 27.7 Å². The standard InChI is InChI=1S/C9H16N3O/c1-8(2)7-10-5-6-11(7)9(3,4)12(8)13/h5-6H2,1-4H3/q-1. The Bertz CT molecular complexity index is 270. The number of amidine groups is 1. The third-order valence-corrected chi connectivity index (χ3v) is 3.05. The molecule has 13 heavy (non-hydrogen) atoms. The molecule has 0 amide bonds. The first kappa shape index (κ1) is 8.97. The molecule has 0 unspecified atom stereocenters. The Kier molecular flexibility index (Phi) is 1.55. The SMILES string of the molecule is CC1(C)C2=NCCN2C(C)(C)N1[O-]. The van der Waals surface area contributed by atoms with Gasteiger partial charge < -0.3 is 15.2 Å². The lowest BCUT2D eigenvalue weighted by Gasteiger charge is -2.46. The van der Waals surface area contributed by atoms with Crippen LogP contribution in [0.25, 0.3) is 0 Å². The first-order chi connectivity index (χ1) is 5.88. The van der Waals surface area contributed by atoms with E-state index in [1.807, 2.05) is 27.7 Å². The molecule has 4 heteroatoms. The molecule has 0 radical (unpaired) electrons. The molecular formula is C9H16N3O-. The van der Waals surface area contributed by atoms with Gasteiger partial charge in [0.05, 0.1) is 17.7 Å². The maximum Gasteiger partial charge on any atom is 0.120 e. The zero-order valence-corrected chi connectivity index (χ0v) is 8.66. The molecule has 2 aliphatic heterocycles. The molecular weight excluding hydrogens is 166 g/mol. The molecule has 0 N–H and O–H groups in total. The van der Waals surface area contributed by atoms with E-state index >= 15 is 0 Å². The number of hydrogen-bond acceptors (Lipinski definition) is 4. The lowest BCUT2D eigenvalue weighted by atomic mass is 10.1. The largest absolute Gasteiger partial charge is 0.783 e. The van der Waals surface area contributed by atoms with Gasteiger partial charge in [0.2, 0.25) is 0 Å². The lowest BCUT2D eigenvalue weighted by molar-refractivity contribution is 0.0697. The highest BCUT2D eigenvalue weighted by Gasteiger charge is 2.50. The summed E-state index contributed by atoms with van der Waals surface area (Å²) >= 11 is 0. The molecule has 0 saturated carbocycles. The van der Waals surface area contributed by atoms with Gasteiger partial charge in [0.1, 0.15) is 5.84 Å². The molecule has 0 atom stereocenters. The molecule has 74 valence electrons. The molecule has 0 aromatic rings. The van der Waals surface area contributed by atoms with Gasteiger partial charge >= 0.3 is 0 Å². The van der Waals surface area contributed by atoms with Crippen molar-refractivity contribution in [1.82, 2.24) is 9.96 Å². The summed E-state index contributed by atoms with van der Waals surface area (Å²) in [5.74, 6) is 0.951. The van der Waals surface area contributed by atoms with Crippen LogP contribution >= 0.6 is 0 Å². The molecule has 2 aliphatic rings. The fourth-order valence-electron chi connectivity index (χ4n) is 2.39. The Morgan fingerprint density at radius 1 is 1.31 bits per heavy atom. The minimum atomic E-state index is -0.458. The summed E-state index contributed by atoms with van der Waals surface area (Å²) in [6.45, 7) is 9.49. The second kappa shape index (κ2) is 2.25. The van der Waals surface area contributed by atoms with Gasteiger partial charge in [0, 0.05) is 6.54 Å². The van der Waals surface area contributed by atoms with Crippen LogP contribution in [0.4, 0.5) is 0 Å². The van der Waals surface area contributed by atoms with Gasteiger partial charge in [-0.3, -0.25) is 4.99 Å². The zero-order chi connectivity index (χ0) is 9.85. The summed E-state index contributed by atoms with van der Waals surface area (Å²) in [7, 11) is 0. The van der Waals surface area contributed by atoms with Crippen LogP contribution in [-0.4, -0.2) is 40.1 Å². The van der Waals surface area contributed by atoms with Crippen LogP contribution in [0.2, 0.25) is 0 Å². The molecule has 1 fully saturated rings. The quantitative estimate of drug-likeness (QED) is 0.562. The number of hydroxylamine groups is 2. The number of fused-ring (bicyclic) bond motifs is 1. The van der Waals surface area contributed by atoms with Crippen molar-refractivity contribution in [3.8, 4) is 0 Å². The monoisotopic (exact) mass is 182 g/mol. The van der Waals surface area contributed by atoms with E-state index in [0.29, 0.717) is 0 Å². The number of hydrogen-bond donors (Lipinski definition) is 0. The van der Waals surface area contributed by atoms with Gasteiger partial charge in [-0.2, -0.15) is 0 Å². The normalized spacial score (nSPS) is 30.5. The predicted octanol–water partition coefficient (Wildman–Crippen LogP) is 1.03. The summed E-state index contributed by atoms with van der Waals surface area (Å²) in [5, 5.41) is 13.1. The minimum absolute atomic E-state index is 0.432. The fourth-order valence-corrected chi connectivity index (χ4v) is 2.39. The average molecular weight is 182 g/mol. The Balaban J connectivity index is 2.47. The zero-order valence-electron chi connectivity index (χ0n) is 8.66. The Morgan fingerprint density at radius 3 is 2.46 bits per heavy atom. The number of nitrogens with zero attached hydrogens (tertiary/aromatic N) is 3. The van der Waals surface area contributed by atoms with Crippen molar-refractivity contribution < 1.29 is 0 Å². The molecule has 0 aromatic heterocycles. The van der Waals surface area contributed by atoms with Crippen LogP contribution in [0.5, 0.6) is 0 Å². The fraction of sp³-hybridized carbons (Fsp3) is 0.889. The molecule has 2 rings (SSSR count). The first-order valence-electron chi connectivity index (χ1n) is 4.68. The minimum Gasteiger partial charge on any atom is -0.783 e. The summed E-state index contributed by atoms with van der Waals surface area (Å²) in [4.78, 5) is 6.51. The van der Waals surface area contributed by atoms with Crippen molar-refractivity contribution in [3.05, 3.63) is 5.21 Å². The molecule has 0 spiro atoms. The topological polar surface area (TPSA) is 41.9 Å². The molecule has 2 heterocycles. The smallest absolute Gasteiger partial charge is 0.120 e. The third kappa shape index (κ3) is 0.901. The number of rotatable bonds is 0. The van der Waals surface area contributed by atoms with E-state index in [1.165, 1.54) is 0 Å². The van der Waals surface area contributed by atoms with E-state index in [9.17, 15) is 5.21 Å². The second-order valence-corrected chi connectivity index (χ2v) is 4.70. The van der Waals surface area contributed by atoms with Gasteiger partial charge in [-0.15, -0.1) is 0 Å². The molecule has 0 aromatic carbocycles. The van der Waals surface area contributed by atoms with Crippen LogP contribution < -0.4 is 0 Å². The van der Waals surface area contributed by atoms with Crippen molar-refractivity contribution >= 4 is 5.84 Å². The van der Waals surface area contributed by atoms with E-state index in [1.54, 1.807) is 0 Å². The van der Waals surface area contributed by atoms with E-state index in [4.69, 9.17) is 0 Å². The van der Waals surface area contributed by atoms with Crippen molar-refractivity contribution in [1.29, 1.82) is 0 Å². The first-order valence-corrected chi connectivity index (χ1v) is 4.68. The highest BCUT2D eigenvalue weighted by molar-refractivity contribution is 5.94. The molecule has 4 nitrogen and oxygen atoms in total. The summed E-state index contributed by atoms with van der Waals surface area (Å²) in [6, 6.07) is 0. The maximum absolute atomic E-state index is 12.0. The third-order valence-electron chi connectivity index (χ3n) is 3.05. The van der Waals surface area contributed by atoms with Crippen molar-refractivity contribution in [2.45, 2.75) is 38.9 Å². The highest BCUT2D eigenvalue weighted by atomic mass is 16.5. The Hall–Kier alpha value is -0.610. The summed E-state index contributed by atoms with van der Waals surface area (Å²) < 4.78 is 0. The van der Waals surface area contributed by atoms with Crippen LogP contribution in [0.3, 0.4) is 0 Å². The van der Waals surface area contributed by atoms with Gasteiger partial charge in [0.15, 0.2) is 0 Å². The molecule has 0 aliphatic carbocycles.